The zero-order valence-electron chi connectivity index (χ0n) is 13.0. The lowest BCUT2D eigenvalue weighted by molar-refractivity contribution is 0.0981. The molecule has 1 aromatic heterocycles. The monoisotopic (exact) mass is 374 g/mol. The van der Waals surface area contributed by atoms with Crippen LogP contribution in [0.5, 0.6) is 0 Å². The molecule has 0 unspecified atom stereocenters. The maximum Gasteiger partial charge on any atom is 0.269 e. The van der Waals surface area contributed by atoms with Crippen LogP contribution in [-0.4, -0.2) is 17.6 Å². The van der Waals surface area contributed by atoms with Gasteiger partial charge in [-0.25, -0.2) is 0 Å². The van der Waals surface area contributed by atoms with E-state index in [9.17, 15) is 4.79 Å². The van der Waals surface area contributed by atoms with Crippen molar-refractivity contribution >= 4 is 61.9 Å². The van der Waals surface area contributed by atoms with Crippen LogP contribution in [0.2, 0.25) is 5.02 Å². The third kappa shape index (κ3) is 3.29. The highest BCUT2D eigenvalue weighted by Gasteiger charge is 2.20. The molecule has 6 heteroatoms. The summed E-state index contributed by atoms with van der Waals surface area (Å²) in [5.74, 6) is -0.277. The van der Waals surface area contributed by atoms with Gasteiger partial charge in [0.25, 0.3) is 5.91 Å². The summed E-state index contributed by atoms with van der Waals surface area (Å²) in [7, 11) is 0. The van der Waals surface area contributed by atoms with Crippen molar-refractivity contribution in [3.05, 3.63) is 64.5 Å². The minimum absolute atomic E-state index is 0.277. The molecule has 1 heterocycles. The van der Waals surface area contributed by atoms with E-state index >= 15 is 0 Å². The van der Waals surface area contributed by atoms with Crippen LogP contribution < -0.4 is 10.2 Å². The molecule has 3 rings (SSSR count). The molecule has 3 aromatic rings. The Morgan fingerprint density at radius 3 is 2.50 bits per heavy atom. The van der Waals surface area contributed by atoms with Gasteiger partial charge >= 0.3 is 0 Å². The fourth-order valence-electron chi connectivity index (χ4n) is 2.43. The van der Waals surface area contributed by atoms with Crippen molar-refractivity contribution in [1.82, 2.24) is 5.32 Å². The second kappa shape index (κ2) is 7.30. The van der Waals surface area contributed by atoms with Crippen molar-refractivity contribution < 1.29 is 4.79 Å². The van der Waals surface area contributed by atoms with E-state index in [0.29, 0.717) is 21.6 Å². The molecular weight excluding hydrogens is 360 g/mol. The Balaban J connectivity index is 1.82. The van der Waals surface area contributed by atoms with Gasteiger partial charge in [-0.05, 0) is 37.3 Å². The zero-order chi connectivity index (χ0) is 17.1. The van der Waals surface area contributed by atoms with E-state index in [0.717, 1.165) is 15.8 Å². The van der Waals surface area contributed by atoms with Crippen LogP contribution in [0, 0.1) is 0 Å². The molecule has 0 aliphatic heterocycles. The average molecular weight is 375 g/mol. The van der Waals surface area contributed by atoms with E-state index in [1.165, 1.54) is 11.3 Å². The van der Waals surface area contributed by atoms with Crippen LogP contribution in [0.4, 0.5) is 5.69 Å². The summed E-state index contributed by atoms with van der Waals surface area (Å²) in [6.45, 7) is 2.64. The SMILES string of the molecule is CCN(C(=S)NC(=O)c1sc2ccccc2c1Cl)c1ccccc1. The van der Waals surface area contributed by atoms with Gasteiger partial charge in [-0.3, -0.25) is 10.1 Å². The van der Waals surface area contributed by atoms with Crippen LogP contribution >= 0.6 is 35.2 Å². The summed E-state index contributed by atoms with van der Waals surface area (Å²) in [4.78, 5) is 14.9. The third-order valence-corrected chi connectivity index (χ3v) is 5.59. The lowest BCUT2D eigenvalue weighted by Crippen LogP contribution is -2.42. The van der Waals surface area contributed by atoms with Crippen molar-refractivity contribution in [1.29, 1.82) is 0 Å². The van der Waals surface area contributed by atoms with Gasteiger partial charge in [0.2, 0.25) is 0 Å². The van der Waals surface area contributed by atoms with Crippen LogP contribution in [0.25, 0.3) is 10.1 Å². The minimum Gasteiger partial charge on any atom is -0.319 e. The first kappa shape index (κ1) is 16.9. The van der Waals surface area contributed by atoms with Crippen molar-refractivity contribution in [2.45, 2.75) is 6.92 Å². The molecule has 24 heavy (non-hydrogen) atoms. The summed E-state index contributed by atoms with van der Waals surface area (Å²) >= 11 is 13.1. The highest BCUT2D eigenvalue weighted by atomic mass is 35.5. The number of halogens is 1. The summed E-state index contributed by atoms with van der Waals surface area (Å²) < 4.78 is 0.981. The van der Waals surface area contributed by atoms with Crippen molar-refractivity contribution in [2.24, 2.45) is 0 Å². The fraction of sp³-hybridized carbons (Fsp3) is 0.111. The van der Waals surface area contributed by atoms with E-state index in [2.05, 4.69) is 5.32 Å². The van der Waals surface area contributed by atoms with Crippen LogP contribution in [0.15, 0.2) is 54.6 Å². The van der Waals surface area contributed by atoms with E-state index in [1.807, 2.05) is 66.4 Å². The lowest BCUT2D eigenvalue weighted by Gasteiger charge is -2.23. The molecule has 0 spiro atoms. The first-order valence-electron chi connectivity index (χ1n) is 7.46. The van der Waals surface area contributed by atoms with E-state index in [1.54, 1.807) is 0 Å². The molecule has 0 bridgehead atoms. The largest absolute Gasteiger partial charge is 0.319 e. The number of benzene rings is 2. The third-order valence-electron chi connectivity index (χ3n) is 3.59. The number of amides is 1. The number of rotatable bonds is 3. The molecular formula is C18H15ClN2OS2. The Bertz CT molecular complexity index is 892. The zero-order valence-corrected chi connectivity index (χ0v) is 15.3. The second-order valence-electron chi connectivity index (χ2n) is 5.08. The summed E-state index contributed by atoms with van der Waals surface area (Å²) in [5.41, 5.74) is 0.938. The van der Waals surface area contributed by atoms with Crippen molar-refractivity contribution in [3.63, 3.8) is 0 Å². The Morgan fingerprint density at radius 1 is 1.17 bits per heavy atom. The molecule has 0 radical (unpaired) electrons. The molecule has 0 atom stereocenters. The number of anilines is 1. The van der Waals surface area contributed by atoms with Gasteiger partial charge in [0.05, 0.1) is 5.02 Å². The molecule has 1 N–H and O–H groups in total. The number of carbonyl (C=O) groups is 1. The number of para-hydroxylation sites is 1. The Hall–Kier alpha value is -1.95. The summed E-state index contributed by atoms with van der Waals surface area (Å²) in [6.07, 6.45) is 0. The first-order valence-corrected chi connectivity index (χ1v) is 9.07. The van der Waals surface area contributed by atoms with Crippen LogP contribution in [0.1, 0.15) is 16.6 Å². The highest BCUT2D eigenvalue weighted by Crippen LogP contribution is 2.35. The van der Waals surface area contributed by atoms with Crippen molar-refractivity contribution in [2.75, 3.05) is 11.4 Å². The smallest absolute Gasteiger partial charge is 0.269 e. The highest BCUT2D eigenvalue weighted by molar-refractivity contribution is 7.80. The quantitative estimate of drug-likeness (QED) is 0.647. The van der Waals surface area contributed by atoms with Crippen LogP contribution in [-0.2, 0) is 0 Å². The molecule has 0 aliphatic rings. The van der Waals surface area contributed by atoms with Gasteiger partial charge in [0.15, 0.2) is 5.11 Å². The molecule has 2 aromatic carbocycles. The fourth-order valence-corrected chi connectivity index (χ4v) is 4.17. The maximum absolute atomic E-state index is 12.6. The Morgan fingerprint density at radius 2 is 1.83 bits per heavy atom. The standard InChI is InChI=1S/C18H15ClN2OS2/c1-2-21(12-8-4-3-5-9-12)18(23)20-17(22)16-15(19)13-10-6-7-11-14(13)24-16/h3-11H,2H2,1H3,(H,20,22,23). The maximum atomic E-state index is 12.6. The number of thiophene rings is 1. The molecule has 0 saturated carbocycles. The lowest BCUT2D eigenvalue weighted by atomic mass is 10.2. The summed E-state index contributed by atoms with van der Waals surface area (Å²) in [5, 5.41) is 4.51. The molecule has 0 aliphatic carbocycles. The van der Waals surface area contributed by atoms with E-state index < -0.39 is 0 Å². The van der Waals surface area contributed by atoms with E-state index in [-0.39, 0.29) is 5.91 Å². The van der Waals surface area contributed by atoms with Gasteiger partial charge < -0.3 is 4.90 Å². The number of hydrogen-bond acceptors (Lipinski definition) is 3. The number of nitrogens with zero attached hydrogens (tertiary/aromatic N) is 1. The average Bonchev–Trinajstić information content (AvgIpc) is 2.94. The molecule has 1 amide bonds. The number of thiocarbonyl (C=S) groups is 1. The minimum atomic E-state index is -0.277. The van der Waals surface area contributed by atoms with E-state index in [4.69, 9.17) is 23.8 Å². The normalized spacial score (nSPS) is 10.6. The van der Waals surface area contributed by atoms with Gasteiger partial charge in [-0.2, -0.15) is 0 Å². The van der Waals surface area contributed by atoms with Gasteiger partial charge in [-0.15, -0.1) is 11.3 Å². The summed E-state index contributed by atoms with van der Waals surface area (Å²) in [6, 6.07) is 17.4. The van der Waals surface area contributed by atoms with Gasteiger partial charge in [-0.1, -0.05) is 48.0 Å². The number of carbonyl (C=O) groups excluding carboxylic acids is 1. The first-order chi connectivity index (χ1) is 11.6. The predicted molar refractivity (Wildman–Crippen MR) is 106 cm³/mol. The van der Waals surface area contributed by atoms with Gasteiger partial charge in [0.1, 0.15) is 4.88 Å². The Kier molecular flexibility index (Phi) is 5.14. The number of hydrogen-bond donors (Lipinski definition) is 1. The van der Waals surface area contributed by atoms with Gasteiger partial charge in [0, 0.05) is 22.3 Å². The molecule has 0 saturated heterocycles. The number of fused-ring (bicyclic) bond motifs is 1. The number of nitrogens with one attached hydrogen (secondary N) is 1. The topological polar surface area (TPSA) is 32.3 Å². The Labute approximate surface area is 154 Å². The predicted octanol–water partition coefficient (Wildman–Crippen LogP) is 5.10. The van der Waals surface area contributed by atoms with Crippen LogP contribution in [0.3, 0.4) is 0 Å². The van der Waals surface area contributed by atoms with Crippen molar-refractivity contribution in [3.8, 4) is 0 Å². The molecule has 3 nitrogen and oxygen atoms in total. The second-order valence-corrected chi connectivity index (χ2v) is 6.90. The molecule has 0 fully saturated rings. The molecule has 122 valence electrons.